The minimum atomic E-state index is -1.06. The van der Waals surface area contributed by atoms with Crippen LogP contribution in [0.3, 0.4) is 0 Å². The van der Waals surface area contributed by atoms with E-state index in [1.54, 1.807) is 26.8 Å². The van der Waals surface area contributed by atoms with E-state index in [2.05, 4.69) is 13.5 Å². The molecule has 1 aromatic carbocycles. The first-order chi connectivity index (χ1) is 14.7. The van der Waals surface area contributed by atoms with Crippen LogP contribution in [0.5, 0.6) is 0 Å². The van der Waals surface area contributed by atoms with Crippen LogP contribution in [0.15, 0.2) is 43.0 Å². The highest BCUT2D eigenvalue weighted by Gasteiger charge is 2.44. The van der Waals surface area contributed by atoms with Crippen LogP contribution < -0.4 is 0 Å². The summed E-state index contributed by atoms with van der Waals surface area (Å²) in [5, 5.41) is 10.0. The topological polar surface area (TPSA) is 82.1 Å². The Morgan fingerprint density at radius 1 is 1.06 bits per heavy atom. The molecule has 31 heavy (non-hydrogen) atoms. The number of carboxylic acids is 1. The lowest BCUT2D eigenvalue weighted by molar-refractivity contribution is -0.161. The molecule has 2 atom stereocenters. The SMILES string of the molecule is C=CCOCCOCCOC(=O)C(C)(C)CC(C)(CC(CC)c1ccccc1)C(=O)O. The van der Waals surface area contributed by atoms with Crippen LogP contribution in [0.1, 0.15) is 58.4 Å². The van der Waals surface area contributed by atoms with Crippen molar-refractivity contribution in [3.63, 3.8) is 0 Å². The van der Waals surface area contributed by atoms with Crippen molar-refractivity contribution in [3.05, 3.63) is 48.6 Å². The molecule has 0 aromatic heterocycles. The van der Waals surface area contributed by atoms with Gasteiger partial charge in [-0.15, -0.1) is 6.58 Å². The Morgan fingerprint density at radius 2 is 1.68 bits per heavy atom. The lowest BCUT2D eigenvalue weighted by Gasteiger charge is -2.35. The molecule has 6 heteroatoms. The monoisotopic (exact) mass is 434 g/mol. The van der Waals surface area contributed by atoms with Crippen LogP contribution in [0.4, 0.5) is 0 Å². The number of carbonyl (C=O) groups excluding carboxylic acids is 1. The van der Waals surface area contributed by atoms with Gasteiger partial charge in [0.1, 0.15) is 6.61 Å². The van der Waals surface area contributed by atoms with Gasteiger partial charge >= 0.3 is 11.9 Å². The first-order valence-electron chi connectivity index (χ1n) is 10.9. The summed E-state index contributed by atoms with van der Waals surface area (Å²) in [5.74, 6) is -1.21. The molecule has 1 N–H and O–H groups in total. The van der Waals surface area contributed by atoms with Crippen molar-refractivity contribution < 1.29 is 28.9 Å². The van der Waals surface area contributed by atoms with Crippen molar-refractivity contribution in [1.82, 2.24) is 0 Å². The van der Waals surface area contributed by atoms with Gasteiger partial charge in [0.2, 0.25) is 0 Å². The average Bonchev–Trinajstić information content (AvgIpc) is 2.74. The van der Waals surface area contributed by atoms with Gasteiger partial charge in [-0.1, -0.05) is 43.3 Å². The summed E-state index contributed by atoms with van der Waals surface area (Å²) in [6.07, 6.45) is 3.13. The summed E-state index contributed by atoms with van der Waals surface area (Å²) in [6.45, 7) is 12.5. The Bertz CT molecular complexity index is 685. The Labute approximate surface area is 186 Å². The maximum Gasteiger partial charge on any atom is 0.311 e. The number of esters is 1. The minimum Gasteiger partial charge on any atom is -0.481 e. The second kappa shape index (κ2) is 13.3. The van der Waals surface area contributed by atoms with E-state index in [0.29, 0.717) is 26.2 Å². The molecule has 0 fully saturated rings. The van der Waals surface area contributed by atoms with Gasteiger partial charge in [0.05, 0.1) is 37.3 Å². The number of benzene rings is 1. The first kappa shape index (κ1) is 26.9. The highest BCUT2D eigenvalue weighted by molar-refractivity contribution is 5.79. The third kappa shape index (κ3) is 9.23. The summed E-state index contributed by atoms with van der Waals surface area (Å²) >= 11 is 0. The molecule has 0 heterocycles. The number of hydrogen-bond donors (Lipinski definition) is 1. The zero-order valence-electron chi connectivity index (χ0n) is 19.4. The van der Waals surface area contributed by atoms with E-state index in [1.807, 2.05) is 30.3 Å². The lowest BCUT2D eigenvalue weighted by atomic mass is 9.68. The molecule has 0 aliphatic heterocycles. The van der Waals surface area contributed by atoms with E-state index >= 15 is 0 Å². The smallest absolute Gasteiger partial charge is 0.311 e. The predicted molar refractivity (Wildman–Crippen MR) is 121 cm³/mol. The average molecular weight is 435 g/mol. The second-order valence-corrected chi connectivity index (χ2v) is 8.76. The van der Waals surface area contributed by atoms with Gasteiger partial charge < -0.3 is 19.3 Å². The second-order valence-electron chi connectivity index (χ2n) is 8.76. The molecule has 2 unspecified atom stereocenters. The molecular formula is C25H38O6. The molecule has 0 saturated carbocycles. The van der Waals surface area contributed by atoms with E-state index in [1.165, 1.54) is 0 Å². The Balaban J connectivity index is 2.64. The molecular weight excluding hydrogens is 396 g/mol. The highest BCUT2D eigenvalue weighted by atomic mass is 16.6. The Hall–Kier alpha value is -2.18. The van der Waals surface area contributed by atoms with Gasteiger partial charge in [-0.3, -0.25) is 9.59 Å². The zero-order chi connectivity index (χ0) is 23.3. The summed E-state index contributed by atoms with van der Waals surface area (Å²) < 4.78 is 15.9. The maximum absolute atomic E-state index is 12.7. The maximum atomic E-state index is 12.7. The third-order valence-electron chi connectivity index (χ3n) is 5.43. The summed E-state index contributed by atoms with van der Waals surface area (Å²) in [5.41, 5.74) is -0.875. The Morgan fingerprint density at radius 3 is 2.26 bits per heavy atom. The largest absolute Gasteiger partial charge is 0.481 e. The molecule has 0 radical (unpaired) electrons. The number of ether oxygens (including phenoxy) is 3. The fraction of sp³-hybridized carbons (Fsp3) is 0.600. The van der Waals surface area contributed by atoms with Gasteiger partial charge in [-0.25, -0.2) is 0 Å². The summed E-state index contributed by atoms with van der Waals surface area (Å²) in [6, 6.07) is 9.93. The van der Waals surface area contributed by atoms with E-state index < -0.39 is 22.8 Å². The highest BCUT2D eigenvalue weighted by Crippen LogP contribution is 2.43. The van der Waals surface area contributed by atoms with E-state index in [0.717, 1.165) is 12.0 Å². The summed E-state index contributed by atoms with van der Waals surface area (Å²) in [7, 11) is 0. The molecule has 0 bridgehead atoms. The molecule has 1 rings (SSSR count). The Kier molecular flexibility index (Phi) is 11.5. The van der Waals surface area contributed by atoms with Gasteiger partial charge in [-0.05, 0) is 51.5 Å². The normalized spacial score (nSPS) is 14.5. The van der Waals surface area contributed by atoms with Crippen LogP contribution >= 0.6 is 0 Å². The van der Waals surface area contributed by atoms with Gasteiger partial charge in [0.15, 0.2) is 0 Å². The van der Waals surface area contributed by atoms with Crippen molar-refractivity contribution in [2.24, 2.45) is 10.8 Å². The molecule has 0 spiro atoms. The molecule has 0 aliphatic rings. The molecule has 6 nitrogen and oxygen atoms in total. The van der Waals surface area contributed by atoms with E-state index in [9.17, 15) is 14.7 Å². The van der Waals surface area contributed by atoms with Crippen LogP contribution in [0, 0.1) is 10.8 Å². The minimum absolute atomic E-state index is 0.103. The predicted octanol–water partition coefficient (Wildman–Crippen LogP) is 4.84. The van der Waals surface area contributed by atoms with Gasteiger partial charge in [0.25, 0.3) is 0 Å². The number of rotatable bonds is 16. The number of carbonyl (C=O) groups is 2. The van der Waals surface area contributed by atoms with Crippen molar-refractivity contribution in [1.29, 1.82) is 0 Å². The third-order valence-corrected chi connectivity index (χ3v) is 5.43. The van der Waals surface area contributed by atoms with Crippen molar-refractivity contribution in [2.45, 2.75) is 52.9 Å². The van der Waals surface area contributed by atoms with E-state index in [-0.39, 0.29) is 25.6 Å². The van der Waals surface area contributed by atoms with Crippen LogP contribution in [0.2, 0.25) is 0 Å². The zero-order valence-corrected chi connectivity index (χ0v) is 19.4. The number of aliphatic carboxylic acids is 1. The van der Waals surface area contributed by atoms with Crippen LogP contribution in [0.25, 0.3) is 0 Å². The fourth-order valence-electron chi connectivity index (χ4n) is 3.82. The standard InChI is InChI=1S/C25H38O6/c1-6-13-29-14-15-30-16-17-31-23(28)24(3,4)19-25(5,22(26)27)18-20(7-2)21-11-9-8-10-12-21/h6,8-12,20H,1,7,13-19H2,2-5H3,(H,26,27). The summed E-state index contributed by atoms with van der Waals surface area (Å²) in [4.78, 5) is 24.9. The van der Waals surface area contributed by atoms with Crippen molar-refractivity contribution in [3.8, 4) is 0 Å². The molecule has 0 aliphatic carbocycles. The van der Waals surface area contributed by atoms with Crippen LogP contribution in [-0.2, 0) is 23.8 Å². The van der Waals surface area contributed by atoms with Crippen LogP contribution in [-0.4, -0.2) is 50.1 Å². The molecule has 0 amide bonds. The molecule has 1 aromatic rings. The van der Waals surface area contributed by atoms with Gasteiger partial charge in [-0.2, -0.15) is 0 Å². The van der Waals surface area contributed by atoms with E-state index in [4.69, 9.17) is 14.2 Å². The van der Waals surface area contributed by atoms with Crippen molar-refractivity contribution in [2.75, 3.05) is 33.0 Å². The first-order valence-corrected chi connectivity index (χ1v) is 10.9. The van der Waals surface area contributed by atoms with Crippen molar-refractivity contribution >= 4 is 11.9 Å². The lowest BCUT2D eigenvalue weighted by Crippen LogP contribution is -2.39. The molecule has 174 valence electrons. The van der Waals surface area contributed by atoms with Gasteiger partial charge in [0, 0.05) is 0 Å². The number of hydrogen-bond acceptors (Lipinski definition) is 5. The number of carboxylic acid groups (broad SMARTS) is 1. The fourth-order valence-corrected chi connectivity index (χ4v) is 3.82. The quantitative estimate of drug-likeness (QED) is 0.228. The molecule has 0 saturated heterocycles.